The number of hydrogen-bond donors (Lipinski definition) is 0. The summed E-state index contributed by atoms with van der Waals surface area (Å²) in [6.07, 6.45) is 0. The Bertz CT molecular complexity index is 506. The largest absolute Gasteiger partial charge is 0.241 e. The zero-order valence-corrected chi connectivity index (χ0v) is 11.6. The summed E-state index contributed by atoms with van der Waals surface area (Å²) in [4.78, 5) is 4.48. The SMILES string of the molecule is Br/C(=N/c1ccccc1)c1cccc(Br)c1. The van der Waals surface area contributed by atoms with Crippen molar-refractivity contribution in [2.75, 3.05) is 0 Å². The van der Waals surface area contributed by atoms with Gasteiger partial charge in [0.25, 0.3) is 0 Å². The second-order valence-corrected chi connectivity index (χ2v) is 4.92. The second kappa shape index (κ2) is 5.41. The molecule has 0 atom stereocenters. The number of aliphatic imine (C=N–C) groups is 1. The summed E-state index contributed by atoms with van der Waals surface area (Å²) in [6.45, 7) is 0. The highest BCUT2D eigenvalue weighted by Crippen LogP contribution is 2.18. The van der Waals surface area contributed by atoms with Crippen LogP contribution in [0.3, 0.4) is 0 Å². The van der Waals surface area contributed by atoms with E-state index in [9.17, 15) is 0 Å². The van der Waals surface area contributed by atoms with Crippen LogP contribution in [0.5, 0.6) is 0 Å². The van der Waals surface area contributed by atoms with Gasteiger partial charge in [-0.15, -0.1) is 0 Å². The van der Waals surface area contributed by atoms with Crippen molar-refractivity contribution in [3.8, 4) is 0 Å². The minimum Gasteiger partial charge on any atom is -0.241 e. The normalized spacial score (nSPS) is 11.5. The zero-order valence-electron chi connectivity index (χ0n) is 8.40. The molecule has 2 aromatic carbocycles. The van der Waals surface area contributed by atoms with Gasteiger partial charge in [0.2, 0.25) is 0 Å². The highest BCUT2D eigenvalue weighted by molar-refractivity contribution is 9.18. The van der Waals surface area contributed by atoms with E-state index in [0.717, 1.165) is 20.3 Å². The summed E-state index contributed by atoms with van der Waals surface area (Å²) >= 11 is 6.93. The number of benzene rings is 2. The predicted octanol–water partition coefficient (Wildman–Crippen LogP) is 4.92. The third-order valence-electron chi connectivity index (χ3n) is 2.05. The minimum absolute atomic E-state index is 0.833. The van der Waals surface area contributed by atoms with Crippen molar-refractivity contribution in [1.82, 2.24) is 0 Å². The van der Waals surface area contributed by atoms with E-state index in [1.165, 1.54) is 0 Å². The van der Waals surface area contributed by atoms with Crippen molar-refractivity contribution in [2.45, 2.75) is 0 Å². The molecular weight excluding hydrogens is 330 g/mol. The van der Waals surface area contributed by atoms with Crippen molar-refractivity contribution in [2.24, 2.45) is 4.99 Å². The van der Waals surface area contributed by atoms with Gasteiger partial charge in [0, 0.05) is 10.0 Å². The van der Waals surface area contributed by atoms with Crippen molar-refractivity contribution in [3.05, 3.63) is 64.6 Å². The lowest BCUT2D eigenvalue weighted by atomic mass is 10.2. The van der Waals surface area contributed by atoms with Gasteiger partial charge in [-0.25, -0.2) is 4.99 Å². The number of halogens is 2. The number of hydrogen-bond acceptors (Lipinski definition) is 1. The van der Waals surface area contributed by atoms with Crippen LogP contribution in [0.2, 0.25) is 0 Å². The van der Waals surface area contributed by atoms with E-state index >= 15 is 0 Å². The maximum Gasteiger partial charge on any atom is 0.114 e. The molecule has 0 radical (unpaired) electrons. The molecule has 3 heteroatoms. The topological polar surface area (TPSA) is 12.4 Å². The van der Waals surface area contributed by atoms with Crippen LogP contribution in [0.4, 0.5) is 5.69 Å². The third kappa shape index (κ3) is 3.03. The molecule has 0 aliphatic rings. The Kier molecular flexibility index (Phi) is 3.91. The fourth-order valence-corrected chi connectivity index (χ4v) is 2.15. The van der Waals surface area contributed by atoms with Crippen LogP contribution in [-0.4, -0.2) is 4.62 Å². The van der Waals surface area contributed by atoms with Crippen LogP contribution >= 0.6 is 31.9 Å². The number of para-hydroxylation sites is 1. The molecular formula is C13H9Br2N. The highest BCUT2D eigenvalue weighted by Gasteiger charge is 1.99. The maximum atomic E-state index is 4.48. The van der Waals surface area contributed by atoms with Gasteiger partial charge in [-0.2, -0.15) is 0 Å². The fourth-order valence-electron chi connectivity index (χ4n) is 1.30. The summed E-state index contributed by atoms with van der Waals surface area (Å²) in [6, 6.07) is 17.9. The van der Waals surface area contributed by atoms with Crippen LogP contribution in [0, 0.1) is 0 Å². The van der Waals surface area contributed by atoms with Gasteiger partial charge in [-0.3, -0.25) is 0 Å². The molecule has 0 saturated carbocycles. The molecule has 2 rings (SSSR count). The fraction of sp³-hybridized carbons (Fsp3) is 0. The first-order valence-corrected chi connectivity index (χ1v) is 6.39. The van der Waals surface area contributed by atoms with E-state index < -0.39 is 0 Å². The van der Waals surface area contributed by atoms with Crippen LogP contribution in [-0.2, 0) is 0 Å². The predicted molar refractivity (Wildman–Crippen MR) is 75.7 cm³/mol. The van der Waals surface area contributed by atoms with Gasteiger partial charge in [0.15, 0.2) is 0 Å². The Labute approximate surface area is 111 Å². The Morgan fingerprint density at radius 3 is 2.38 bits per heavy atom. The van der Waals surface area contributed by atoms with Crippen LogP contribution in [0.15, 0.2) is 64.1 Å². The average molecular weight is 339 g/mol. The lowest BCUT2D eigenvalue weighted by molar-refractivity contribution is 1.52. The van der Waals surface area contributed by atoms with Crippen LogP contribution < -0.4 is 0 Å². The molecule has 0 N–H and O–H groups in total. The van der Waals surface area contributed by atoms with E-state index in [1.807, 2.05) is 54.6 Å². The summed E-state index contributed by atoms with van der Waals surface area (Å²) in [7, 11) is 0. The molecule has 0 amide bonds. The second-order valence-electron chi connectivity index (χ2n) is 3.25. The standard InChI is InChI=1S/C13H9Br2N/c14-11-6-4-5-10(9-11)13(15)16-12-7-2-1-3-8-12/h1-9H/b16-13+. The van der Waals surface area contributed by atoms with E-state index in [-0.39, 0.29) is 0 Å². The van der Waals surface area contributed by atoms with Crippen molar-refractivity contribution < 1.29 is 0 Å². The van der Waals surface area contributed by atoms with Gasteiger partial charge < -0.3 is 0 Å². The third-order valence-corrected chi connectivity index (χ3v) is 3.17. The average Bonchev–Trinajstić information content (AvgIpc) is 2.30. The highest BCUT2D eigenvalue weighted by atomic mass is 79.9. The molecule has 0 aliphatic carbocycles. The minimum atomic E-state index is 0.833. The van der Waals surface area contributed by atoms with Crippen molar-refractivity contribution in [3.63, 3.8) is 0 Å². The maximum absolute atomic E-state index is 4.48. The lowest BCUT2D eigenvalue weighted by Gasteiger charge is -2.00. The van der Waals surface area contributed by atoms with Crippen molar-refractivity contribution in [1.29, 1.82) is 0 Å². The lowest BCUT2D eigenvalue weighted by Crippen LogP contribution is -1.88. The van der Waals surface area contributed by atoms with Gasteiger partial charge in [0.1, 0.15) is 4.62 Å². The van der Waals surface area contributed by atoms with E-state index in [1.54, 1.807) is 0 Å². The van der Waals surface area contributed by atoms with E-state index in [0.29, 0.717) is 0 Å². The Morgan fingerprint density at radius 1 is 0.938 bits per heavy atom. The summed E-state index contributed by atoms with van der Waals surface area (Å²) in [5.74, 6) is 0. The smallest absolute Gasteiger partial charge is 0.114 e. The molecule has 0 spiro atoms. The Morgan fingerprint density at radius 2 is 1.69 bits per heavy atom. The Balaban J connectivity index is 2.32. The molecule has 0 saturated heterocycles. The van der Waals surface area contributed by atoms with Gasteiger partial charge >= 0.3 is 0 Å². The molecule has 0 heterocycles. The molecule has 0 fully saturated rings. The van der Waals surface area contributed by atoms with Crippen LogP contribution in [0.25, 0.3) is 0 Å². The monoisotopic (exact) mass is 337 g/mol. The number of nitrogens with zero attached hydrogens (tertiary/aromatic N) is 1. The molecule has 1 nitrogen and oxygen atoms in total. The first-order chi connectivity index (χ1) is 7.75. The summed E-state index contributed by atoms with van der Waals surface area (Å²) in [5.41, 5.74) is 1.99. The molecule has 80 valence electrons. The van der Waals surface area contributed by atoms with Gasteiger partial charge in [-0.05, 0) is 40.2 Å². The molecule has 16 heavy (non-hydrogen) atoms. The molecule has 0 bridgehead atoms. The quantitative estimate of drug-likeness (QED) is 0.689. The Hall–Kier alpha value is -0.930. The van der Waals surface area contributed by atoms with Crippen LogP contribution in [0.1, 0.15) is 5.56 Å². The van der Waals surface area contributed by atoms with E-state index in [2.05, 4.69) is 36.9 Å². The van der Waals surface area contributed by atoms with E-state index in [4.69, 9.17) is 0 Å². The molecule has 2 aromatic rings. The molecule has 0 unspecified atom stereocenters. The number of rotatable bonds is 2. The molecule has 0 aromatic heterocycles. The first-order valence-electron chi connectivity index (χ1n) is 4.81. The van der Waals surface area contributed by atoms with Gasteiger partial charge in [-0.1, -0.05) is 46.3 Å². The summed E-state index contributed by atoms with van der Waals surface area (Å²) < 4.78 is 1.88. The first kappa shape index (κ1) is 11.6. The van der Waals surface area contributed by atoms with Gasteiger partial charge in [0.05, 0.1) is 5.69 Å². The molecule has 0 aliphatic heterocycles. The van der Waals surface area contributed by atoms with Crippen molar-refractivity contribution >= 4 is 42.2 Å². The zero-order chi connectivity index (χ0) is 11.4. The summed E-state index contributed by atoms with van der Waals surface area (Å²) in [5, 5.41) is 0.